The van der Waals surface area contributed by atoms with Crippen molar-refractivity contribution in [3.05, 3.63) is 28.2 Å². The Hall–Kier alpha value is -2.07. The monoisotopic (exact) mass is 325 g/mol. The number of aliphatic carboxylic acids is 1. The molecule has 7 heteroatoms. The summed E-state index contributed by atoms with van der Waals surface area (Å²) in [6, 6.07) is 6.25. The molecule has 0 saturated carbocycles. The summed E-state index contributed by atoms with van der Waals surface area (Å²) >= 11 is 3.24. The van der Waals surface area contributed by atoms with Gasteiger partial charge in [0.1, 0.15) is 6.07 Å². The van der Waals surface area contributed by atoms with Gasteiger partial charge in [-0.1, -0.05) is 22.9 Å². The molecule has 0 bridgehead atoms. The fraction of sp³-hybridized carbons (Fsp3) is 0.250. The second-order valence-corrected chi connectivity index (χ2v) is 4.79. The molecule has 1 aromatic rings. The lowest BCUT2D eigenvalue weighted by atomic mass is 10.2. The number of benzene rings is 1. The first-order chi connectivity index (χ1) is 8.93. The minimum absolute atomic E-state index is 0.0110. The second-order valence-electron chi connectivity index (χ2n) is 3.88. The Labute approximate surface area is 118 Å². The SMILES string of the molecule is CC(CNC(=O)Nc1cc(Br)ccc1C#N)C(=O)O. The standard InChI is InChI=1S/C12H12BrN3O3/c1-7(11(17)18)6-15-12(19)16-10-4-9(13)3-2-8(10)5-14/h2-4,7H,6H2,1H3,(H,17,18)(H2,15,16,19). The van der Waals surface area contributed by atoms with E-state index in [0.717, 1.165) is 4.47 Å². The first kappa shape index (κ1) is 15.0. The van der Waals surface area contributed by atoms with E-state index in [1.807, 2.05) is 6.07 Å². The van der Waals surface area contributed by atoms with Gasteiger partial charge < -0.3 is 15.7 Å². The van der Waals surface area contributed by atoms with Gasteiger partial charge in [0.25, 0.3) is 0 Å². The smallest absolute Gasteiger partial charge is 0.319 e. The molecule has 0 saturated heterocycles. The predicted molar refractivity (Wildman–Crippen MR) is 72.7 cm³/mol. The van der Waals surface area contributed by atoms with Gasteiger partial charge in [-0.05, 0) is 18.2 Å². The fourth-order valence-corrected chi connectivity index (χ4v) is 1.58. The first-order valence-electron chi connectivity index (χ1n) is 5.41. The summed E-state index contributed by atoms with van der Waals surface area (Å²) in [5.74, 6) is -1.66. The molecule has 100 valence electrons. The van der Waals surface area contributed by atoms with Crippen LogP contribution in [0.1, 0.15) is 12.5 Å². The Bertz CT molecular complexity index is 540. The number of amides is 2. The summed E-state index contributed by atoms with van der Waals surface area (Å²) < 4.78 is 0.723. The Morgan fingerprint density at radius 1 is 1.53 bits per heavy atom. The van der Waals surface area contributed by atoms with Crippen molar-refractivity contribution in [1.82, 2.24) is 5.32 Å². The van der Waals surface area contributed by atoms with Crippen LogP contribution in [0.5, 0.6) is 0 Å². The van der Waals surface area contributed by atoms with Crippen LogP contribution in [0.4, 0.5) is 10.5 Å². The average molecular weight is 326 g/mol. The van der Waals surface area contributed by atoms with E-state index in [-0.39, 0.29) is 6.54 Å². The van der Waals surface area contributed by atoms with Crippen LogP contribution in [0, 0.1) is 17.2 Å². The van der Waals surface area contributed by atoms with Crippen LogP contribution in [0.15, 0.2) is 22.7 Å². The first-order valence-corrected chi connectivity index (χ1v) is 6.20. The summed E-state index contributed by atoms with van der Waals surface area (Å²) in [5, 5.41) is 22.5. The van der Waals surface area contributed by atoms with Crippen molar-refractivity contribution in [2.75, 3.05) is 11.9 Å². The Kier molecular flexibility index (Phi) is 5.33. The zero-order chi connectivity index (χ0) is 14.4. The van der Waals surface area contributed by atoms with Gasteiger partial charge in [0.05, 0.1) is 17.2 Å². The highest BCUT2D eigenvalue weighted by molar-refractivity contribution is 9.10. The van der Waals surface area contributed by atoms with Crippen molar-refractivity contribution in [1.29, 1.82) is 5.26 Å². The molecular formula is C12H12BrN3O3. The minimum Gasteiger partial charge on any atom is -0.481 e. The summed E-state index contributed by atoms with van der Waals surface area (Å²) in [4.78, 5) is 22.2. The van der Waals surface area contributed by atoms with Crippen LogP contribution in [0.2, 0.25) is 0 Å². The highest BCUT2D eigenvalue weighted by Gasteiger charge is 2.13. The van der Waals surface area contributed by atoms with Crippen LogP contribution in [0.25, 0.3) is 0 Å². The van der Waals surface area contributed by atoms with Gasteiger partial charge in [0.2, 0.25) is 0 Å². The highest BCUT2D eigenvalue weighted by Crippen LogP contribution is 2.20. The van der Waals surface area contributed by atoms with Gasteiger partial charge in [-0.25, -0.2) is 4.79 Å². The van der Waals surface area contributed by atoms with Crippen LogP contribution in [-0.2, 0) is 4.79 Å². The van der Waals surface area contributed by atoms with E-state index in [9.17, 15) is 9.59 Å². The van der Waals surface area contributed by atoms with E-state index in [2.05, 4.69) is 26.6 Å². The van der Waals surface area contributed by atoms with E-state index >= 15 is 0 Å². The second kappa shape index (κ2) is 6.75. The number of rotatable bonds is 4. The molecule has 3 N–H and O–H groups in total. The lowest BCUT2D eigenvalue weighted by Gasteiger charge is -2.11. The van der Waals surface area contributed by atoms with E-state index < -0.39 is 17.9 Å². The number of carbonyl (C=O) groups excluding carboxylic acids is 1. The average Bonchev–Trinajstić information content (AvgIpc) is 2.36. The number of carbonyl (C=O) groups is 2. The van der Waals surface area contributed by atoms with Crippen LogP contribution in [0.3, 0.4) is 0 Å². The third-order valence-electron chi connectivity index (χ3n) is 2.34. The maximum Gasteiger partial charge on any atom is 0.319 e. The molecule has 0 aromatic heterocycles. The number of hydrogen-bond acceptors (Lipinski definition) is 3. The number of hydrogen-bond donors (Lipinski definition) is 3. The lowest BCUT2D eigenvalue weighted by Crippen LogP contribution is -2.34. The summed E-state index contributed by atoms with van der Waals surface area (Å²) in [7, 11) is 0. The van der Waals surface area contributed by atoms with Gasteiger partial charge in [0, 0.05) is 11.0 Å². The maximum atomic E-state index is 11.6. The van der Waals surface area contributed by atoms with Crippen molar-refractivity contribution in [2.24, 2.45) is 5.92 Å². The fourth-order valence-electron chi connectivity index (χ4n) is 1.22. The van der Waals surface area contributed by atoms with E-state index in [0.29, 0.717) is 11.3 Å². The number of carboxylic acid groups (broad SMARTS) is 1. The number of nitrogens with one attached hydrogen (secondary N) is 2. The molecule has 1 unspecified atom stereocenters. The molecule has 0 spiro atoms. The minimum atomic E-state index is -0.986. The van der Waals surface area contributed by atoms with Gasteiger partial charge in [-0.15, -0.1) is 0 Å². The number of nitriles is 1. The molecule has 0 aliphatic heterocycles. The molecule has 1 aromatic carbocycles. The van der Waals surface area contributed by atoms with Gasteiger partial charge in [-0.3, -0.25) is 4.79 Å². The van der Waals surface area contributed by atoms with E-state index in [4.69, 9.17) is 10.4 Å². The van der Waals surface area contributed by atoms with Crippen LogP contribution < -0.4 is 10.6 Å². The van der Waals surface area contributed by atoms with Gasteiger partial charge in [-0.2, -0.15) is 5.26 Å². The number of halogens is 1. The van der Waals surface area contributed by atoms with Gasteiger partial charge in [0.15, 0.2) is 0 Å². The summed E-state index contributed by atoms with van der Waals surface area (Å²) in [6.45, 7) is 1.50. The zero-order valence-electron chi connectivity index (χ0n) is 10.1. The van der Waals surface area contributed by atoms with Crippen molar-refractivity contribution in [2.45, 2.75) is 6.92 Å². The van der Waals surface area contributed by atoms with Crippen molar-refractivity contribution in [3.8, 4) is 6.07 Å². The van der Waals surface area contributed by atoms with E-state index in [1.54, 1.807) is 18.2 Å². The molecule has 1 atom stereocenters. The Morgan fingerprint density at radius 3 is 2.79 bits per heavy atom. The van der Waals surface area contributed by atoms with Crippen molar-refractivity contribution < 1.29 is 14.7 Å². The summed E-state index contributed by atoms with van der Waals surface area (Å²) in [6.07, 6.45) is 0. The molecule has 0 aliphatic carbocycles. The number of nitrogens with zero attached hydrogens (tertiary/aromatic N) is 1. The topological polar surface area (TPSA) is 102 Å². The van der Waals surface area contributed by atoms with Gasteiger partial charge >= 0.3 is 12.0 Å². The Morgan fingerprint density at radius 2 is 2.21 bits per heavy atom. The molecule has 0 aliphatic rings. The van der Waals surface area contributed by atoms with Crippen LogP contribution in [-0.4, -0.2) is 23.7 Å². The zero-order valence-corrected chi connectivity index (χ0v) is 11.7. The number of carboxylic acids is 1. The third-order valence-corrected chi connectivity index (χ3v) is 2.83. The molecule has 0 fully saturated rings. The van der Waals surface area contributed by atoms with Crippen molar-refractivity contribution >= 4 is 33.6 Å². The molecule has 19 heavy (non-hydrogen) atoms. The van der Waals surface area contributed by atoms with E-state index in [1.165, 1.54) is 6.92 Å². The van der Waals surface area contributed by atoms with Crippen LogP contribution >= 0.6 is 15.9 Å². The molecule has 0 heterocycles. The quantitative estimate of drug-likeness (QED) is 0.789. The largest absolute Gasteiger partial charge is 0.481 e. The number of urea groups is 1. The molecule has 1 rings (SSSR count). The normalized spacial score (nSPS) is 11.2. The highest BCUT2D eigenvalue weighted by atomic mass is 79.9. The van der Waals surface area contributed by atoms with Crippen molar-refractivity contribution in [3.63, 3.8) is 0 Å². The number of anilines is 1. The molecular weight excluding hydrogens is 314 g/mol. The molecule has 2 amide bonds. The summed E-state index contributed by atoms with van der Waals surface area (Å²) in [5.41, 5.74) is 0.682. The lowest BCUT2D eigenvalue weighted by molar-refractivity contribution is -0.140. The maximum absolute atomic E-state index is 11.6. The predicted octanol–water partition coefficient (Wildman–Crippen LogP) is 2.16. The third kappa shape index (κ3) is 4.60. The molecule has 6 nitrogen and oxygen atoms in total. The molecule has 0 radical (unpaired) electrons. The Balaban J connectivity index is 2.65.